The zero-order valence-corrected chi connectivity index (χ0v) is 15.0. The van der Waals surface area contributed by atoms with Crippen molar-refractivity contribution in [2.75, 3.05) is 18.5 Å². The summed E-state index contributed by atoms with van der Waals surface area (Å²) in [4.78, 5) is 11.6. The van der Waals surface area contributed by atoms with Crippen LogP contribution in [0.3, 0.4) is 0 Å². The van der Waals surface area contributed by atoms with Gasteiger partial charge in [0.15, 0.2) is 0 Å². The van der Waals surface area contributed by atoms with E-state index >= 15 is 0 Å². The summed E-state index contributed by atoms with van der Waals surface area (Å²) >= 11 is 0. The highest BCUT2D eigenvalue weighted by Crippen LogP contribution is 2.10. The van der Waals surface area contributed by atoms with Gasteiger partial charge in [0.25, 0.3) is 0 Å². The lowest BCUT2D eigenvalue weighted by atomic mass is 10.1. The fraction of sp³-hybridized carbons (Fsp3) is 0.318. The fourth-order valence-electron chi connectivity index (χ4n) is 2.33. The van der Waals surface area contributed by atoms with Gasteiger partial charge in [0.05, 0.1) is 12.2 Å². The van der Waals surface area contributed by atoms with Crippen molar-refractivity contribution < 1.29 is 9.53 Å². The third-order valence-electron chi connectivity index (χ3n) is 3.74. The highest BCUT2D eigenvalue weighted by molar-refractivity contribution is 5.89. The molecular weight excluding hydrogens is 310 g/mol. The number of hydrogen-bond donors (Lipinski definition) is 1. The molecule has 2 rings (SSSR count). The van der Waals surface area contributed by atoms with Gasteiger partial charge in [0.2, 0.25) is 0 Å². The van der Waals surface area contributed by atoms with Crippen molar-refractivity contribution in [2.24, 2.45) is 0 Å². The van der Waals surface area contributed by atoms with E-state index in [0.29, 0.717) is 12.2 Å². The Bertz CT molecular complexity index is 721. The molecule has 2 aromatic carbocycles. The smallest absolute Gasteiger partial charge is 0.338 e. The third-order valence-corrected chi connectivity index (χ3v) is 3.74. The van der Waals surface area contributed by atoms with Crippen LogP contribution in [-0.2, 0) is 4.74 Å². The molecule has 0 unspecified atom stereocenters. The molecule has 0 heterocycles. The van der Waals surface area contributed by atoms with E-state index in [1.165, 1.54) is 19.3 Å². The first-order chi connectivity index (χ1) is 12.2. The summed E-state index contributed by atoms with van der Waals surface area (Å²) in [5.74, 6) is 5.96. The molecule has 0 aliphatic heterocycles. The molecular formula is C22H25NO2. The van der Waals surface area contributed by atoms with E-state index in [-0.39, 0.29) is 5.97 Å². The van der Waals surface area contributed by atoms with Crippen LogP contribution in [0.15, 0.2) is 48.5 Å². The molecule has 0 aliphatic rings. The van der Waals surface area contributed by atoms with Gasteiger partial charge < -0.3 is 10.1 Å². The van der Waals surface area contributed by atoms with Crippen molar-refractivity contribution in [1.82, 2.24) is 0 Å². The van der Waals surface area contributed by atoms with Gasteiger partial charge in [-0.1, -0.05) is 31.6 Å². The zero-order valence-electron chi connectivity index (χ0n) is 15.0. The van der Waals surface area contributed by atoms with E-state index in [9.17, 15) is 4.79 Å². The maximum Gasteiger partial charge on any atom is 0.338 e. The number of carbonyl (C=O) groups is 1. The molecule has 0 saturated carbocycles. The topological polar surface area (TPSA) is 38.3 Å². The summed E-state index contributed by atoms with van der Waals surface area (Å²) in [5, 5.41) is 3.42. The monoisotopic (exact) mass is 335 g/mol. The van der Waals surface area contributed by atoms with Crippen molar-refractivity contribution in [3.8, 4) is 11.8 Å². The van der Waals surface area contributed by atoms with Crippen LogP contribution in [0.1, 0.15) is 54.6 Å². The number of nitrogens with one attached hydrogen (secondary N) is 1. The van der Waals surface area contributed by atoms with Gasteiger partial charge in [0.1, 0.15) is 0 Å². The summed E-state index contributed by atoms with van der Waals surface area (Å²) in [7, 11) is 0. The van der Waals surface area contributed by atoms with E-state index < -0.39 is 0 Å². The van der Waals surface area contributed by atoms with Crippen LogP contribution in [0, 0.1) is 11.8 Å². The lowest BCUT2D eigenvalue weighted by molar-refractivity contribution is 0.0526. The first kappa shape index (κ1) is 18.6. The van der Waals surface area contributed by atoms with Gasteiger partial charge in [-0.05, 0) is 61.9 Å². The van der Waals surface area contributed by atoms with E-state index in [1.54, 1.807) is 19.1 Å². The Morgan fingerprint density at radius 3 is 2.08 bits per heavy atom. The average Bonchev–Trinajstić information content (AvgIpc) is 2.65. The maximum atomic E-state index is 11.6. The van der Waals surface area contributed by atoms with E-state index in [1.807, 2.05) is 24.3 Å². The predicted octanol–water partition coefficient (Wildman–Crippen LogP) is 4.87. The van der Waals surface area contributed by atoms with Gasteiger partial charge in [-0.2, -0.15) is 0 Å². The molecule has 0 atom stereocenters. The first-order valence-corrected chi connectivity index (χ1v) is 8.86. The van der Waals surface area contributed by atoms with E-state index in [2.05, 4.69) is 36.2 Å². The third kappa shape index (κ3) is 6.35. The molecule has 0 radical (unpaired) electrons. The van der Waals surface area contributed by atoms with Gasteiger partial charge in [0, 0.05) is 23.4 Å². The first-order valence-electron chi connectivity index (χ1n) is 8.86. The molecule has 0 bridgehead atoms. The highest BCUT2D eigenvalue weighted by atomic mass is 16.5. The standard InChI is InChI=1S/C22H25NO2/c1-3-5-6-17-23-21-15-11-19(12-16-21)8-7-18-9-13-20(14-10-18)22(24)25-4-2/h9-16,23H,3-6,17H2,1-2H3. The van der Waals surface area contributed by atoms with Gasteiger partial charge in [-0.3, -0.25) is 0 Å². The number of ether oxygens (including phenoxy) is 1. The number of anilines is 1. The lowest BCUT2D eigenvalue weighted by Gasteiger charge is -2.05. The Hall–Kier alpha value is -2.73. The number of carbonyl (C=O) groups excluding carboxylic acids is 1. The van der Waals surface area contributed by atoms with Crippen molar-refractivity contribution >= 4 is 11.7 Å². The number of hydrogen-bond acceptors (Lipinski definition) is 3. The normalized spacial score (nSPS) is 9.84. The van der Waals surface area contributed by atoms with Crippen LogP contribution in [0.5, 0.6) is 0 Å². The number of esters is 1. The summed E-state index contributed by atoms with van der Waals surface area (Å²) in [5.41, 5.74) is 3.51. The molecule has 130 valence electrons. The number of benzene rings is 2. The number of rotatable bonds is 7. The van der Waals surface area contributed by atoms with Crippen LogP contribution < -0.4 is 5.32 Å². The van der Waals surface area contributed by atoms with Gasteiger partial charge >= 0.3 is 5.97 Å². The molecule has 3 nitrogen and oxygen atoms in total. The fourth-order valence-corrected chi connectivity index (χ4v) is 2.33. The molecule has 0 spiro atoms. The molecule has 0 saturated heterocycles. The Labute approximate surface area is 150 Å². The maximum absolute atomic E-state index is 11.6. The van der Waals surface area contributed by atoms with Crippen LogP contribution in [0.4, 0.5) is 5.69 Å². The van der Waals surface area contributed by atoms with Crippen molar-refractivity contribution in [3.63, 3.8) is 0 Å². The highest BCUT2D eigenvalue weighted by Gasteiger charge is 2.04. The minimum atomic E-state index is -0.302. The van der Waals surface area contributed by atoms with Gasteiger partial charge in [-0.15, -0.1) is 0 Å². The molecule has 25 heavy (non-hydrogen) atoms. The van der Waals surface area contributed by atoms with Crippen molar-refractivity contribution in [2.45, 2.75) is 33.1 Å². The molecule has 0 aromatic heterocycles. The minimum absolute atomic E-state index is 0.302. The Balaban J connectivity index is 1.93. The molecule has 1 N–H and O–H groups in total. The second kappa shape index (κ2) is 10.2. The van der Waals surface area contributed by atoms with Crippen LogP contribution in [0.25, 0.3) is 0 Å². The predicted molar refractivity (Wildman–Crippen MR) is 103 cm³/mol. The molecule has 0 aliphatic carbocycles. The SMILES string of the molecule is CCCCCNc1ccc(C#Cc2ccc(C(=O)OCC)cc2)cc1. The second-order valence-corrected chi connectivity index (χ2v) is 5.76. The van der Waals surface area contributed by atoms with E-state index in [4.69, 9.17) is 4.74 Å². The van der Waals surface area contributed by atoms with Crippen molar-refractivity contribution in [3.05, 3.63) is 65.2 Å². The van der Waals surface area contributed by atoms with Crippen LogP contribution in [0.2, 0.25) is 0 Å². The Morgan fingerprint density at radius 1 is 0.920 bits per heavy atom. The summed E-state index contributed by atoms with van der Waals surface area (Å²) in [6.07, 6.45) is 3.68. The minimum Gasteiger partial charge on any atom is -0.462 e. The summed E-state index contributed by atoms with van der Waals surface area (Å²) < 4.78 is 4.97. The number of unbranched alkanes of at least 4 members (excludes halogenated alkanes) is 2. The second-order valence-electron chi connectivity index (χ2n) is 5.76. The summed E-state index contributed by atoms with van der Waals surface area (Å²) in [6, 6.07) is 15.3. The van der Waals surface area contributed by atoms with E-state index in [0.717, 1.165) is 23.4 Å². The average molecular weight is 335 g/mol. The Morgan fingerprint density at radius 2 is 1.52 bits per heavy atom. The van der Waals surface area contributed by atoms with Crippen LogP contribution in [-0.4, -0.2) is 19.1 Å². The molecule has 3 heteroatoms. The van der Waals surface area contributed by atoms with Crippen LogP contribution >= 0.6 is 0 Å². The largest absolute Gasteiger partial charge is 0.462 e. The molecule has 0 amide bonds. The van der Waals surface area contributed by atoms with Gasteiger partial charge in [-0.25, -0.2) is 4.79 Å². The molecule has 2 aromatic rings. The van der Waals surface area contributed by atoms with Crippen molar-refractivity contribution in [1.29, 1.82) is 0 Å². The summed E-state index contributed by atoms with van der Waals surface area (Å²) in [6.45, 7) is 5.39. The lowest BCUT2D eigenvalue weighted by Crippen LogP contribution is -2.04. The quantitative estimate of drug-likeness (QED) is 0.446. The molecule has 0 fully saturated rings. The Kier molecular flexibility index (Phi) is 7.59. The zero-order chi connectivity index (χ0) is 17.9.